The van der Waals surface area contributed by atoms with Gasteiger partial charge < -0.3 is 10.6 Å². The van der Waals surface area contributed by atoms with Crippen LogP contribution in [0.1, 0.15) is 35.3 Å². The van der Waals surface area contributed by atoms with Crippen LogP contribution >= 0.6 is 0 Å². The molecular formula is C18H15F2N3O2. The highest BCUT2D eigenvalue weighted by molar-refractivity contribution is 5.97. The molecule has 5 nitrogen and oxygen atoms in total. The normalized spacial score (nSPS) is 11.3. The molecule has 7 heteroatoms. The van der Waals surface area contributed by atoms with Gasteiger partial charge in [-0.05, 0) is 24.3 Å². The number of halogens is 2. The van der Waals surface area contributed by atoms with Crippen LogP contribution in [0.3, 0.4) is 0 Å². The third kappa shape index (κ3) is 4.61. The molecule has 0 saturated carbocycles. The van der Waals surface area contributed by atoms with E-state index in [0.717, 1.165) is 12.1 Å². The van der Waals surface area contributed by atoms with E-state index in [1.54, 1.807) is 25.1 Å². The molecule has 0 heterocycles. The third-order valence-corrected chi connectivity index (χ3v) is 3.41. The van der Waals surface area contributed by atoms with Gasteiger partial charge in [-0.2, -0.15) is 5.26 Å². The Kier molecular flexibility index (Phi) is 5.79. The predicted molar refractivity (Wildman–Crippen MR) is 87.5 cm³/mol. The van der Waals surface area contributed by atoms with Crippen molar-refractivity contribution in [3.8, 4) is 6.07 Å². The Balaban J connectivity index is 2.18. The van der Waals surface area contributed by atoms with Crippen LogP contribution in [0.15, 0.2) is 42.5 Å². The molecule has 0 bridgehead atoms. The van der Waals surface area contributed by atoms with Crippen LogP contribution in [0.2, 0.25) is 0 Å². The monoisotopic (exact) mass is 343 g/mol. The number of rotatable bonds is 5. The summed E-state index contributed by atoms with van der Waals surface area (Å²) in [6.45, 7) is 1.70. The van der Waals surface area contributed by atoms with Gasteiger partial charge in [-0.3, -0.25) is 9.59 Å². The molecule has 2 aromatic carbocycles. The average Bonchev–Trinajstić information content (AvgIpc) is 2.60. The topological polar surface area (TPSA) is 82.0 Å². The number of anilines is 1. The molecule has 2 aromatic rings. The summed E-state index contributed by atoms with van der Waals surface area (Å²) in [5, 5.41) is 14.2. The lowest BCUT2D eigenvalue weighted by molar-refractivity contribution is -0.115. The van der Waals surface area contributed by atoms with E-state index in [9.17, 15) is 23.6 Å². The van der Waals surface area contributed by atoms with Crippen molar-refractivity contribution >= 4 is 17.5 Å². The number of hydrogen-bond donors (Lipinski definition) is 2. The van der Waals surface area contributed by atoms with Gasteiger partial charge in [-0.25, -0.2) is 8.78 Å². The van der Waals surface area contributed by atoms with Crippen molar-refractivity contribution in [1.29, 1.82) is 5.26 Å². The molecule has 0 radical (unpaired) electrons. The van der Waals surface area contributed by atoms with Crippen molar-refractivity contribution in [2.45, 2.75) is 19.4 Å². The van der Waals surface area contributed by atoms with E-state index in [4.69, 9.17) is 0 Å². The Hall–Kier alpha value is -3.27. The minimum atomic E-state index is -1.28. The number of nitrogens with one attached hydrogen (secondary N) is 2. The first-order chi connectivity index (χ1) is 11.9. The maximum atomic E-state index is 13.8. The van der Waals surface area contributed by atoms with Crippen LogP contribution in [0, 0.1) is 23.0 Å². The first kappa shape index (κ1) is 18.1. The SMILES string of the molecule is CCC(=O)Nc1cccc(C(=O)NC(C#N)c2ccc(F)cc2F)c1. The van der Waals surface area contributed by atoms with E-state index >= 15 is 0 Å². The number of amides is 2. The van der Waals surface area contributed by atoms with E-state index < -0.39 is 23.6 Å². The quantitative estimate of drug-likeness (QED) is 0.874. The van der Waals surface area contributed by atoms with Gasteiger partial charge in [-0.1, -0.05) is 19.1 Å². The second kappa shape index (κ2) is 8.02. The fourth-order valence-corrected chi connectivity index (χ4v) is 2.12. The first-order valence-electron chi connectivity index (χ1n) is 7.50. The summed E-state index contributed by atoms with van der Waals surface area (Å²) < 4.78 is 26.8. The van der Waals surface area contributed by atoms with Crippen molar-refractivity contribution < 1.29 is 18.4 Å². The van der Waals surface area contributed by atoms with Gasteiger partial charge in [-0.15, -0.1) is 0 Å². The Morgan fingerprint density at radius 1 is 1.20 bits per heavy atom. The highest BCUT2D eigenvalue weighted by Crippen LogP contribution is 2.19. The van der Waals surface area contributed by atoms with E-state index in [-0.39, 0.29) is 23.5 Å². The predicted octanol–water partition coefficient (Wildman–Crippen LogP) is 3.31. The van der Waals surface area contributed by atoms with Crippen LogP contribution in [0.25, 0.3) is 0 Å². The summed E-state index contributed by atoms with van der Waals surface area (Å²) in [5.41, 5.74) is 0.491. The Morgan fingerprint density at radius 2 is 1.96 bits per heavy atom. The second-order valence-electron chi connectivity index (χ2n) is 5.18. The van der Waals surface area contributed by atoms with Crippen molar-refractivity contribution in [2.75, 3.05) is 5.32 Å². The minimum Gasteiger partial charge on any atom is -0.332 e. The largest absolute Gasteiger partial charge is 0.332 e. The molecular weight excluding hydrogens is 328 g/mol. The molecule has 0 aliphatic rings. The fraction of sp³-hybridized carbons (Fsp3) is 0.167. The summed E-state index contributed by atoms with van der Waals surface area (Å²) in [6.07, 6.45) is 0.288. The number of carbonyl (C=O) groups excluding carboxylic acids is 2. The Labute approximate surface area is 143 Å². The molecule has 0 aliphatic carbocycles. The molecule has 0 fully saturated rings. The van der Waals surface area contributed by atoms with Gasteiger partial charge in [0.15, 0.2) is 0 Å². The van der Waals surface area contributed by atoms with Gasteiger partial charge in [0.2, 0.25) is 5.91 Å². The molecule has 0 saturated heterocycles. The van der Waals surface area contributed by atoms with E-state index in [0.29, 0.717) is 11.8 Å². The van der Waals surface area contributed by atoms with Crippen molar-refractivity contribution in [3.05, 3.63) is 65.2 Å². The van der Waals surface area contributed by atoms with E-state index in [1.165, 1.54) is 12.1 Å². The van der Waals surface area contributed by atoms with Crippen molar-refractivity contribution in [3.63, 3.8) is 0 Å². The lowest BCUT2D eigenvalue weighted by Gasteiger charge is -2.13. The Bertz CT molecular complexity index is 846. The van der Waals surface area contributed by atoms with E-state index in [1.807, 2.05) is 0 Å². The first-order valence-corrected chi connectivity index (χ1v) is 7.50. The van der Waals surface area contributed by atoms with E-state index in [2.05, 4.69) is 10.6 Å². The summed E-state index contributed by atoms with van der Waals surface area (Å²) in [5.74, 6) is -2.52. The van der Waals surface area contributed by atoms with Crippen LogP contribution < -0.4 is 10.6 Å². The zero-order valence-electron chi connectivity index (χ0n) is 13.3. The van der Waals surface area contributed by atoms with Gasteiger partial charge in [0.05, 0.1) is 6.07 Å². The maximum absolute atomic E-state index is 13.8. The number of benzene rings is 2. The highest BCUT2D eigenvalue weighted by atomic mass is 19.1. The highest BCUT2D eigenvalue weighted by Gasteiger charge is 2.19. The second-order valence-corrected chi connectivity index (χ2v) is 5.18. The maximum Gasteiger partial charge on any atom is 0.252 e. The lowest BCUT2D eigenvalue weighted by atomic mass is 10.1. The number of nitriles is 1. The third-order valence-electron chi connectivity index (χ3n) is 3.41. The Morgan fingerprint density at radius 3 is 2.60 bits per heavy atom. The van der Waals surface area contributed by atoms with Gasteiger partial charge in [0.1, 0.15) is 17.7 Å². The van der Waals surface area contributed by atoms with Crippen LogP contribution in [0.4, 0.5) is 14.5 Å². The number of nitrogens with zero attached hydrogens (tertiary/aromatic N) is 1. The van der Waals surface area contributed by atoms with Crippen LogP contribution in [0.5, 0.6) is 0 Å². The molecule has 0 spiro atoms. The summed E-state index contributed by atoms with van der Waals surface area (Å²) >= 11 is 0. The van der Waals surface area contributed by atoms with Crippen LogP contribution in [-0.2, 0) is 4.79 Å². The smallest absolute Gasteiger partial charge is 0.252 e. The minimum absolute atomic E-state index is 0.132. The van der Waals surface area contributed by atoms with Crippen molar-refractivity contribution in [2.24, 2.45) is 0 Å². The number of hydrogen-bond acceptors (Lipinski definition) is 3. The molecule has 2 rings (SSSR count). The van der Waals surface area contributed by atoms with Gasteiger partial charge in [0.25, 0.3) is 5.91 Å². The van der Waals surface area contributed by atoms with Crippen molar-refractivity contribution in [1.82, 2.24) is 5.32 Å². The average molecular weight is 343 g/mol. The molecule has 2 amide bonds. The molecule has 1 atom stereocenters. The molecule has 0 aromatic heterocycles. The standard InChI is InChI=1S/C18H15F2N3O2/c1-2-17(24)22-13-5-3-4-11(8-13)18(25)23-16(10-21)14-7-6-12(19)9-15(14)20/h3-9,16H,2H2,1H3,(H,22,24)(H,23,25). The van der Waals surface area contributed by atoms with Gasteiger partial charge in [0, 0.05) is 29.3 Å². The summed E-state index contributed by atoms with van der Waals surface area (Å²) in [7, 11) is 0. The molecule has 2 N–H and O–H groups in total. The summed E-state index contributed by atoms with van der Waals surface area (Å²) in [6, 6.07) is 9.38. The van der Waals surface area contributed by atoms with Gasteiger partial charge >= 0.3 is 0 Å². The molecule has 0 aliphatic heterocycles. The summed E-state index contributed by atoms with van der Waals surface area (Å²) in [4.78, 5) is 23.7. The number of carbonyl (C=O) groups is 2. The molecule has 128 valence electrons. The lowest BCUT2D eigenvalue weighted by Crippen LogP contribution is -2.28. The zero-order valence-corrected chi connectivity index (χ0v) is 13.3. The molecule has 1 unspecified atom stereocenters. The fourth-order valence-electron chi connectivity index (χ4n) is 2.12. The van der Waals surface area contributed by atoms with Crippen LogP contribution in [-0.4, -0.2) is 11.8 Å². The molecule has 25 heavy (non-hydrogen) atoms. The zero-order chi connectivity index (χ0) is 18.4.